The van der Waals surface area contributed by atoms with Crippen molar-refractivity contribution in [2.45, 2.75) is 13.0 Å². The molecular formula is C12H13F2NO4S. The van der Waals surface area contributed by atoms with Crippen LogP contribution in [0.1, 0.15) is 12.0 Å². The molecule has 0 aliphatic carbocycles. The van der Waals surface area contributed by atoms with Crippen LogP contribution in [0.25, 0.3) is 0 Å². The molecule has 5 nitrogen and oxygen atoms in total. The summed E-state index contributed by atoms with van der Waals surface area (Å²) < 4.78 is 47.7. The highest BCUT2D eigenvalue weighted by Gasteiger charge is 2.35. The summed E-state index contributed by atoms with van der Waals surface area (Å²) in [5.74, 6) is -2.66. The molecule has 20 heavy (non-hydrogen) atoms. The van der Waals surface area contributed by atoms with Gasteiger partial charge in [0.15, 0.2) is 0 Å². The second-order valence-corrected chi connectivity index (χ2v) is 6.10. The number of halogens is 2. The molecule has 0 radical (unpaired) electrons. The molecule has 0 aromatic heterocycles. The van der Waals surface area contributed by atoms with Gasteiger partial charge in [-0.15, -0.1) is 3.89 Å². The van der Waals surface area contributed by atoms with E-state index < -0.39 is 40.2 Å². The summed E-state index contributed by atoms with van der Waals surface area (Å²) in [7, 11) is -4.68. The van der Waals surface area contributed by atoms with Crippen molar-refractivity contribution in [1.29, 1.82) is 0 Å². The van der Waals surface area contributed by atoms with E-state index in [9.17, 15) is 26.6 Å². The van der Waals surface area contributed by atoms with Crippen LogP contribution in [0.2, 0.25) is 0 Å². The quantitative estimate of drug-likeness (QED) is 0.841. The van der Waals surface area contributed by atoms with Crippen molar-refractivity contribution in [3.8, 4) is 0 Å². The lowest BCUT2D eigenvalue weighted by Gasteiger charge is -2.20. The number of anilines is 1. The van der Waals surface area contributed by atoms with Gasteiger partial charge < -0.3 is 10.0 Å². The zero-order valence-electron chi connectivity index (χ0n) is 10.4. The molecule has 0 saturated carbocycles. The van der Waals surface area contributed by atoms with Gasteiger partial charge >= 0.3 is 10.2 Å². The van der Waals surface area contributed by atoms with Crippen molar-refractivity contribution in [3.63, 3.8) is 0 Å². The first-order valence-electron chi connectivity index (χ1n) is 5.92. The molecule has 1 unspecified atom stereocenters. The van der Waals surface area contributed by atoms with Crippen molar-refractivity contribution in [2.24, 2.45) is 5.92 Å². The van der Waals surface area contributed by atoms with E-state index in [1.165, 1.54) is 12.1 Å². The Morgan fingerprint density at radius 3 is 2.70 bits per heavy atom. The van der Waals surface area contributed by atoms with Crippen LogP contribution in [0.5, 0.6) is 0 Å². The monoisotopic (exact) mass is 305 g/mol. The number of para-hydroxylation sites is 1. The Balaban J connectivity index is 2.29. The largest absolute Gasteiger partial charge is 0.392 e. The summed E-state index contributed by atoms with van der Waals surface area (Å²) in [5.41, 5.74) is 0.154. The molecule has 1 aromatic carbocycles. The zero-order valence-corrected chi connectivity index (χ0v) is 11.2. The van der Waals surface area contributed by atoms with Crippen LogP contribution in [0.3, 0.4) is 0 Å². The minimum Gasteiger partial charge on any atom is -0.392 e. The molecule has 1 aliphatic rings. The summed E-state index contributed by atoms with van der Waals surface area (Å²) in [6.45, 7) is -0.543. The number of rotatable bonds is 4. The zero-order chi connectivity index (χ0) is 14.9. The number of nitrogens with zero attached hydrogens (tertiary/aromatic N) is 1. The van der Waals surface area contributed by atoms with E-state index in [4.69, 9.17) is 0 Å². The second-order valence-electron chi connectivity index (χ2n) is 4.69. The number of hydrogen-bond acceptors (Lipinski definition) is 4. The summed E-state index contributed by atoms with van der Waals surface area (Å²) in [4.78, 5) is 12.9. The molecule has 1 fully saturated rings. The maximum atomic E-state index is 13.8. The van der Waals surface area contributed by atoms with Crippen molar-refractivity contribution in [3.05, 3.63) is 29.6 Å². The Labute approximate surface area is 115 Å². The molecule has 1 atom stereocenters. The SMILES string of the molecule is O=C1CC(CS(=O)(=O)F)CN1c1c(F)cccc1CO. The molecule has 0 bridgehead atoms. The predicted octanol–water partition coefficient (Wildman–Crippen LogP) is 0.970. The lowest BCUT2D eigenvalue weighted by atomic mass is 10.1. The Hall–Kier alpha value is -1.54. The first-order chi connectivity index (χ1) is 9.31. The molecule has 1 aliphatic heterocycles. The first kappa shape index (κ1) is 14.9. The molecule has 8 heteroatoms. The van der Waals surface area contributed by atoms with E-state index in [0.717, 1.165) is 11.0 Å². The van der Waals surface area contributed by atoms with E-state index >= 15 is 0 Å². The van der Waals surface area contributed by atoms with Gasteiger partial charge in [0.1, 0.15) is 5.82 Å². The van der Waals surface area contributed by atoms with E-state index in [-0.39, 0.29) is 24.2 Å². The van der Waals surface area contributed by atoms with Crippen molar-refractivity contribution in [2.75, 3.05) is 17.2 Å². The second kappa shape index (κ2) is 5.45. The highest BCUT2D eigenvalue weighted by molar-refractivity contribution is 7.86. The van der Waals surface area contributed by atoms with Crippen LogP contribution in [-0.2, 0) is 21.6 Å². The van der Waals surface area contributed by atoms with Gasteiger partial charge in [0.25, 0.3) is 0 Å². The molecule has 1 amide bonds. The summed E-state index contributed by atoms with van der Waals surface area (Å²) in [5, 5.41) is 9.18. The molecular weight excluding hydrogens is 292 g/mol. The highest BCUT2D eigenvalue weighted by atomic mass is 32.3. The summed E-state index contributed by atoms with van der Waals surface area (Å²) >= 11 is 0. The third-order valence-corrected chi connectivity index (χ3v) is 4.02. The first-order valence-corrected chi connectivity index (χ1v) is 7.48. The van der Waals surface area contributed by atoms with Gasteiger partial charge in [0, 0.05) is 24.4 Å². The lowest BCUT2D eigenvalue weighted by molar-refractivity contribution is -0.117. The fourth-order valence-corrected chi connectivity index (χ4v) is 3.17. The minimum absolute atomic E-state index is 0.0706. The number of aliphatic hydroxyl groups is 1. The molecule has 1 saturated heterocycles. The molecule has 1 aromatic rings. The van der Waals surface area contributed by atoms with Crippen molar-refractivity contribution < 1.29 is 26.6 Å². The van der Waals surface area contributed by atoms with Gasteiger partial charge in [0.2, 0.25) is 5.91 Å². The van der Waals surface area contributed by atoms with Gasteiger partial charge in [-0.2, -0.15) is 8.42 Å². The minimum atomic E-state index is -4.68. The van der Waals surface area contributed by atoms with Crippen LogP contribution in [0.4, 0.5) is 14.0 Å². The predicted molar refractivity (Wildman–Crippen MR) is 67.7 cm³/mol. The van der Waals surface area contributed by atoms with Crippen molar-refractivity contribution >= 4 is 21.8 Å². The summed E-state index contributed by atoms with van der Waals surface area (Å²) in [6.07, 6.45) is -0.164. The van der Waals surface area contributed by atoms with Gasteiger partial charge in [-0.05, 0) is 6.07 Å². The third kappa shape index (κ3) is 3.13. The Bertz CT molecular complexity index is 632. The Morgan fingerprint density at radius 1 is 1.40 bits per heavy atom. The topological polar surface area (TPSA) is 74.7 Å². The average Bonchev–Trinajstić information content (AvgIpc) is 2.67. The highest BCUT2D eigenvalue weighted by Crippen LogP contribution is 2.31. The van der Waals surface area contributed by atoms with E-state index in [2.05, 4.69) is 0 Å². The van der Waals surface area contributed by atoms with E-state index in [1.54, 1.807) is 0 Å². The van der Waals surface area contributed by atoms with Crippen LogP contribution in [0.15, 0.2) is 18.2 Å². The molecule has 2 rings (SSSR count). The number of amides is 1. The molecule has 0 spiro atoms. The van der Waals surface area contributed by atoms with E-state index in [0.29, 0.717) is 0 Å². The summed E-state index contributed by atoms with van der Waals surface area (Å²) in [6, 6.07) is 4.00. The van der Waals surface area contributed by atoms with Crippen molar-refractivity contribution in [1.82, 2.24) is 0 Å². The normalized spacial score (nSPS) is 19.6. The fourth-order valence-electron chi connectivity index (χ4n) is 2.38. The number of hydrogen-bond donors (Lipinski definition) is 1. The van der Waals surface area contributed by atoms with E-state index in [1.807, 2.05) is 0 Å². The lowest BCUT2D eigenvalue weighted by Crippen LogP contribution is -2.27. The number of carbonyl (C=O) groups excluding carboxylic acids is 1. The Kier molecular flexibility index (Phi) is 4.05. The Morgan fingerprint density at radius 2 is 2.10 bits per heavy atom. The number of benzene rings is 1. The standard InChI is InChI=1S/C12H13F2NO4S/c13-10-3-1-2-9(6-16)12(10)15-5-8(4-11(15)17)7-20(14,18)19/h1-3,8,16H,4-7H2. The van der Waals surface area contributed by atoms with Gasteiger partial charge in [0.05, 0.1) is 18.0 Å². The third-order valence-electron chi connectivity index (χ3n) is 3.15. The average molecular weight is 305 g/mol. The smallest absolute Gasteiger partial charge is 0.302 e. The van der Waals surface area contributed by atoms with Gasteiger partial charge in [-0.3, -0.25) is 4.79 Å². The molecule has 110 valence electrons. The fraction of sp³-hybridized carbons (Fsp3) is 0.417. The maximum Gasteiger partial charge on any atom is 0.302 e. The maximum absolute atomic E-state index is 13.8. The van der Waals surface area contributed by atoms with Gasteiger partial charge in [-0.1, -0.05) is 12.1 Å². The van der Waals surface area contributed by atoms with Gasteiger partial charge in [-0.25, -0.2) is 4.39 Å². The molecule has 1 N–H and O–H groups in total. The number of aliphatic hydroxyl groups excluding tert-OH is 1. The van der Waals surface area contributed by atoms with Crippen LogP contribution in [0, 0.1) is 11.7 Å². The van der Waals surface area contributed by atoms with Crippen LogP contribution < -0.4 is 4.90 Å². The molecule has 1 heterocycles. The van der Waals surface area contributed by atoms with Crippen LogP contribution >= 0.6 is 0 Å². The number of carbonyl (C=O) groups is 1. The van der Waals surface area contributed by atoms with Crippen LogP contribution in [-0.4, -0.2) is 31.7 Å².